The third-order valence-electron chi connectivity index (χ3n) is 5.77. The summed E-state index contributed by atoms with van der Waals surface area (Å²) in [7, 11) is -3.55. The van der Waals surface area contributed by atoms with E-state index in [4.69, 9.17) is 5.10 Å². The molecule has 0 N–H and O–H groups in total. The lowest BCUT2D eigenvalue weighted by Crippen LogP contribution is -2.25. The maximum Gasteiger partial charge on any atom is 0.247 e. The van der Waals surface area contributed by atoms with Crippen LogP contribution in [0.3, 0.4) is 0 Å². The molecular weight excluding hydrogens is 432 g/mol. The fourth-order valence-electron chi connectivity index (χ4n) is 4.10. The van der Waals surface area contributed by atoms with Crippen molar-refractivity contribution in [2.24, 2.45) is 5.10 Å². The van der Waals surface area contributed by atoms with Crippen LogP contribution >= 0.6 is 0 Å². The van der Waals surface area contributed by atoms with Crippen molar-refractivity contribution in [1.82, 2.24) is 14.2 Å². The third-order valence-corrected chi connectivity index (χ3v) is 6.78. The van der Waals surface area contributed by atoms with Crippen molar-refractivity contribution in [3.63, 3.8) is 0 Å². The number of aromatic nitrogens is 2. The van der Waals surface area contributed by atoms with Crippen LogP contribution in [-0.2, 0) is 10.0 Å². The Bertz CT molecular complexity index is 1410. The molecule has 7 heteroatoms. The smallest absolute Gasteiger partial charge is 0.240 e. The van der Waals surface area contributed by atoms with Crippen molar-refractivity contribution in [3.05, 3.63) is 108 Å². The van der Waals surface area contributed by atoms with Gasteiger partial charge in [-0.25, -0.2) is 13.1 Å². The van der Waals surface area contributed by atoms with Crippen LogP contribution in [0.15, 0.2) is 96.2 Å². The van der Waals surface area contributed by atoms with Crippen molar-refractivity contribution in [3.8, 4) is 16.9 Å². The minimum atomic E-state index is -3.55. The van der Waals surface area contributed by atoms with Gasteiger partial charge < -0.3 is 0 Å². The highest BCUT2D eigenvalue weighted by atomic mass is 32.2. The summed E-state index contributed by atoms with van der Waals surface area (Å²) in [5, 5.41) is 9.48. The summed E-state index contributed by atoms with van der Waals surface area (Å²) < 4.78 is 28.3. The Kier molecular flexibility index (Phi) is 5.34. The molecule has 5 rings (SSSR count). The Morgan fingerprint density at radius 2 is 1.52 bits per heavy atom. The first-order chi connectivity index (χ1) is 15.9. The summed E-state index contributed by atoms with van der Waals surface area (Å²) in [6.07, 6.45) is 3.61. The first kappa shape index (κ1) is 21.2. The van der Waals surface area contributed by atoms with Crippen molar-refractivity contribution in [2.45, 2.75) is 19.4 Å². The molecular formula is C26H24N4O2S. The molecule has 0 spiro atoms. The van der Waals surface area contributed by atoms with Gasteiger partial charge >= 0.3 is 0 Å². The molecule has 2 heterocycles. The van der Waals surface area contributed by atoms with Gasteiger partial charge in [0.25, 0.3) is 0 Å². The molecule has 3 aromatic carbocycles. The summed E-state index contributed by atoms with van der Waals surface area (Å²) >= 11 is 0. The summed E-state index contributed by atoms with van der Waals surface area (Å²) in [5.41, 5.74) is 6.27. The molecule has 0 radical (unpaired) electrons. The molecule has 0 amide bonds. The molecule has 0 saturated heterocycles. The van der Waals surface area contributed by atoms with E-state index < -0.39 is 10.0 Å². The molecule has 6 nitrogen and oxygen atoms in total. The first-order valence-corrected chi connectivity index (χ1v) is 12.6. The van der Waals surface area contributed by atoms with Crippen LogP contribution in [0.4, 0.5) is 0 Å². The molecule has 1 aliphatic rings. The van der Waals surface area contributed by atoms with E-state index in [1.165, 1.54) is 10.7 Å². The van der Waals surface area contributed by atoms with Gasteiger partial charge in [0.1, 0.15) is 5.69 Å². The van der Waals surface area contributed by atoms with Crippen LogP contribution in [-0.4, -0.2) is 34.6 Å². The third kappa shape index (κ3) is 4.19. The Morgan fingerprint density at radius 3 is 2.15 bits per heavy atom. The summed E-state index contributed by atoms with van der Waals surface area (Å²) in [6, 6.07) is 27.3. The van der Waals surface area contributed by atoms with E-state index in [2.05, 4.69) is 5.10 Å². The number of sulfonamides is 1. The molecule has 1 aromatic heterocycles. The molecule has 4 aromatic rings. The van der Waals surface area contributed by atoms with Gasteiger partial charge in [0.2, 0.25) is 10.0 Å². The Labute approximate surface area is 193 Å². The fraction of sp³-hybridized carbons (Fsp3) is 0.154. The number of nitrogens with zero attached hydrogens (tertiary/aromatic N) is 4. The van der Waals surface area contributed by atoms with Crippen molar-refractivity contribution in [1.29, 1.82) is 0 Å². The lowest BCUT2D eigenvalue weighted by atomic mass is 9.97. The SMILES string of the molecule is Cc1ccc(-c2nn(-c3ccccc3)cc2C2=NN(S(C)(=O)=O)C(c3ccccc3)C2)cc1. The van der Waals surface area contributed by atoms with E-state index in [1.807, 2.05) is 103 Å². The van der Waals surface area contributed by atoms with E-state index >= 15 is 0 Å². The van der Waals surface area contributed by atoms with Gasteiger partial charge in [0.15, 0.2) is 0 Å². The van der Waals surface area contributed by atoms with Gasteiger partial charge in [-0.15, -0.1) is 0 Å². The number of aryl methyl sites for hydroxylation is 1. The van der Waals surface area contributed by atoms with E-state index in [1.54, 1.807) is 0 Å². The highest BCUT2D eigenvalue weighted by Gasteiger charge is 2.36. The number of rotatable bonds is 5. The van der Waals surface area contributed by atoms with Crippen LogP contribution in [0.5, 0.6) is 0 Å². The minimum Gasteiger partial charge on any atom is -0.240 e. The molecule has 33 heavy (non-hydrogen) atoms. The van der Waals surface area contributed by atoms with E-state index in [-0.39, 0.29) is 6.04 Å². The first-order valence-electron chi connectivity index (χ1n) is 10.7. The van der Waals surface area contributed by atoms with Gasteiger partial charge in [0, 0.05) is 23.7 Å². The van der Waals surface area contributed by atoms with Crippen LogP contribution in [0, 0.1) is 6.92 Å². The summed E-state index contributed by atoms with van der Waals surface area (Å²) in [5.74, 6) is 0. The molecule has 0 fully saturated rings. The monoisotopic (exact) mass is 456 g/mol. The Balaban J connectivity index is 1.64. The van der Waals surface area contributed by atoms with Crippen LogP contribution in [0.2, 0.25) is 0 Å². The van der Waals surface area contributed by atoms with Crippen molar-refractivity contribution in [2.75, 3.05) is 6.26 Å². The molecule has 1 aliphatic heterocycles. The van der Waals surface area contributed by atoms with Gasteiger partial charge in [0.05, 0.1) is 23.7 Å². The summed E-state index contributed by atoms with van der Waals surface area (Å²) in [4.78, 5) is 0. The van der Waals surface area contributed by atoms with Crippen LogP contribution in [0.1, 0.15) is 29.2 Å². The van der Waals surface area contributed by atoms with Crippen molar-refractivity contribution >= 4 is 15.7 Å². The molecule has 0 bridgehead atoms. The standard InChI is InChI=1S/C26H24N4O2S/c1-19-13-15-21(16-14-19)26-23(18-29(28-26)22-11-7-4-8-12-22)24-17-25(20-9-5-3-6-10-20)30(27-24)33(2,31)32/h3-16,18,25H,17H2,1-2H3. The zero-order valence-electron chi connectivity index (χ0n) is 18.5. The predicted octanol–water partition coefficient (Wildman–Crippen LogP) is 4.96. The van der Waals surface area contributed by atoms with Gasteiger partial charge in [-0.3, -0.25) is 0 Å². The second-order valence-electron chi connectivity index (χ2n) is 8.25. The largest absolute Gasteiger partial charge is 0.247 e. The van der Waals surface area contributed by atoms with Crippen LogP contribution in [0.25, 0.3) is 16.9 Å². The quantitative estimate of drug-likeness (QED) is 0.426. The molecule has 166 valence electrons. The number of hydrazone groups is 1. The second-order valence-corrected chi connectivity index (χ2v) is 10.1. The topological polar surface area (TPSA) is 67.6 Å². The number of hydrogen-bond donors (Lipinski definition) is 0. The molecule has 1 unspecified atom stereocenters. The van der Waals surface area contributed by atoms with E-state index in [0.29, 0.717) is 12.1 Å². The zero-order valence-corrected chi connectivity index (χ0v) is 19.3. The number of benzene rings is 3. The normalized spacial score (nSPS) is 16.1. The predicted molar refractivity (Wildman–Crippen MR) is 131 cm³/mol. The number of para-hydroxylation sites is 1. The highest BCUT2D eigenvalue weighted by Crippen LogP contribution is 2.37. The molecule has 1 atom stereocenters. The van der Waals surface area contributed by atoms with Gasteiger partial charge in [-0.05, 0) is 24.6 Å². The minimum absolute atomic E-state index is 0.387. The lowest BCUT2D eigenvalue weighted by molar-refractivity contribution is 0.375. The maximum absolute atomic E-state index is 12.6. The van der Waals surface area contributed by atoms with E-state index in [9.17, 15) is 8.42 Å². The van der Waals surface area contributed by atoms with E-state index in [0.717, 1.165) is 33.6 Å². The van der Waals surface area contributed by atoms with Crippen molar-refractivity contribution < 1.29 is 8.42 Å². The van der Waals surface area contributed by atoms with Crippen LogP contribution < -0.4 is 0 Å². The van der Waals surface area contributed by atoms with Gasteiger partial charge in [-0.1, -0.05) is 78.4 Å². The lowest BCUT2D eigenvalue weighted by Gasteiger charge is -2.21. The van der Waals surface area contributed by atoms with Gasteiger partial charge in [-0.2, -0.15) is 14.6 Å². The average Bonchev–Trinajstić information content (AvgIpc) is 3.46. The zero-order chi connectivity index (χ0) is 23.0. The maximum atomic E-state index is 12.6. The average molecular weight is 457 g/mol. The molecule has 0 aliphatic carbocycles. The Hall–Kier alpha value is -3.71. The number of hydrogen-bond acceptors (Lipinski definition) is 4. The summed E-state index contributed by atoms with van der Waals surface area (Å²) in [6.45, 7) is 2.04. The second kappa shape index (κ2) is 8.33. The highest BCUT2D eigenvalue weighted by molar-refractivity contribution is 7.88. The Morgan fingerprint density at radius 1 is 0.879 bits per heavy atom. The molecule has 0 saturated carbocycles. The fourth-order valence-corrected chi connectivity index (χ4v) is 5.01.